The molecule has 90 valence electrons. The summed E-state index contributed by atoms with van der Waals surface area (Å²) in [6.45, 7) is 7.20. The third-order valence-corrected chi connectivity index (χ3v) is 2.19. The average Bonchev–Trinajstić information content (AvgIpc) is 2.22. The van der Waals surface area contributed by atoms with Crippen molar-refractivity contribution in [2.75, 3.05) is 13.2 Å². The Morgan fingerprint density at radius 1 is 1.19 bits per heavy atom. The molecule has 0 aliphatic heterocycles. The minimum Gasteiger partial charge on any atom is -0.490 e. The van der Waals surface area contributed by atoms with Gasteiger partial charge < -0.3 is 15.2 Å². The Morgan fingerprint density at radius 2 is 1.88 bits per heavy atom. The van der Waals surface area contributed by atoms with E-state index in [0.29, 0.717) is 13.2 Å². The van der Waals surface area contributed by atoms with Gasteiger partial charge in [0, 0.05) is 6.04 Å². The van der Waals surface area contributed by atoms with Crippen molar-refractivity contribution in [1.29, 1.82) is 0 Å². The van der Waals surface area contributed by atoms with Crippen molar-refractivity contribution in [3.05, 3.63) is 23.8 Å². The molecule has 0 radical (unpaired) electrons. The molecular formula is C13H21NO2. The van der Waals surface area contributed by atoms with E-state index in [4.69, 9.17) is 15.2 Å². The Labute approximate surface area is 97.6 Å². The standard InChI is InChI=1S/C13H21NO2/c1-4-15-12-8-6-7-11(9-10(3)14)13(12)16-5-2/h6-8,10H,4-5,9,14H2,1-3H3/t10-/m1/s1. The first-order valence-corrected chi connectivity index (χ1v) is 5.82. The van der Waals surface area contributed by atoms with Gasteiger partial charge in [-0.05, 0) is 38.8 Å². The van der Waals surface area contributed by atoms with Crippen molar-refractivity contribution >= 4 is 0 Å². The third-order valence-electron chi connectivity index (χ3n) is 2.19. The van der Waals surface area contributed by atoms with Crippen molar-refractivity contribution in [2.45, 2.75) is 33.2 Å². The van der Waals surface area contributed by atoms with E-state index in [1.165, 1.54) is 0 Å². The highest BCUT2D eigenvalue weighted by Gasteiger charge is 2.11. The Hall–Kier alpha value is -1.22. The molecule has 0 aliphatic rings. The smallest absolute Gasteiger partial charge is 0.164 e. The molecule has 0 heterocycles. The molecule has 16 heavy (non-hydrogen) atoms. The topological polar surface area (TPSA) is 44.5 Å². The molecule has 0 aliphatic carbocycles. The van der Waals surface area contributed by atoms with Gasteiger partial charge in [0.1, 0.15) is 0 Å². The van der Waals surface area contributed by atoms with Gasteiger partial charge in [-0.25, -0.2) is 0 Å². The lowest BCUT2D eigenvalue weighted by atomic mass is 10.1. The van der Waals surface area contributed by atoms with Crippen LogP contribution >= 0.6 is 0 Å². The molecule has 3 nitrogen and oxygen atoms in total. The monoisotopic (exact) mass is 223 g/mol. The first kappa shape index (κ1) is 12.8. The maximum absolute atomic E-state index is 5.82. The van der Waals surface area contributed by atoms with Crippen molar-refractivity contribution in [1.82, 2.24) is 0 Å². The van der Waals surface area contributed by atoms with E-state index in [1.54, 1.807) is 0 Å². The largest absolute Gasteiger partial charge is 0.490 e. The first-order valence-electron chi connectivity index (χ1n) is 5.82. The SMILES string of the molecule is CCOc1cccc(C[C@@H](C)N)c1OCC. The van der Waals surface area contributed by atoms with E-state index in [-0.39, 0.29) is 6.04 Å². The lowest BCUT2D eigenvalue weighted by Gasteiger charge is -2.16. The fourth-order valence-electron chi connectivity index (χ4n) is 1.65. The average molecular weight is 223 g/mol. The number of hydrogen-bond donors (Lipinski definition) is 1. The second-order valence-corrected chi connectivity index (χ2v) is 3.79. The molecule has 1 atom stereocenters. The molecule has 1 rings (SSSR count). The predicted molar refractivity (Wildman–Crippen MR) is 66.1 cm³/mol. The molecule has 0 saturated carbocycles. The van der Waals surface area contributed by atoms with Crippen LogP contribution < -0.4 is 15.2 Å². The summed E-state index contributed by atoms with van der Waals surface area (Å²) in [5, 5.41) is 0. The van der Waals surface area contributed by atoms with Gasteiger partial charge in [-0.1, -0.05) is 12.1 Å². The van der Waals surface area contributed by atoms with Gasteiger partial charge in [-0.15, -0.1) is 0 Å². The van der Waals surface area contributed by atoms with E-state index in [2.05, 4.69) is 0 Å². The lowest BCUT2D eigenvalue weighted by Crippen LogP contribution is -2.18. The summed E-state index contributed by atoms with van der Waals surface area (Å²) in [6.07, 6.45) is 0.802. The summed E-state index contributed by atoms with van der Waals surface area (Å²) in [7, 11) is 0. The van der Waals surface area contributed by atoms with E-state index >= 15 is 0 Å². The molecule has 1 aromatic carbocycles. The Morgan fingerprint density at radius 3 is 2.44 bits per heavy atom. The van der Waals surface area contributed by atoms with Gasteiger partial charge in [0.15, 0.2) is 11.5 Å². The van der Waals surface area contributed by atoms with Crippen LogP contribution in [-0.4, -0.2) is 19.3 Å². The summed E-state index contributed by atoms with van der Waals surface area (Å²) < 4.78 is 11.2. The molecule has 0 fully saturated rings. The fraction of sp³-hybridized carbons (Fsp3) is 0.538. The number of benzene rings is 1. The predicted octanol–water partition coefficient (Wildman–Crippen LogP) is 2.37. The molecule has 0 saturated heterocycles. The molecule has 0 spiro atoms. The zero-order chi connectivity index (χ0) is 12.0. The van der Waals surface area contributed by atoms with E-state index < -0.39 is 0 Å². The van der Waals surface area contributed by atoms with E-state index in [1.807, 2.05) is 39.0 Å². The van der Waals surface area contributed by atoms with Crippen LogP contribution in [-0.2, 0) is 6.42 Å². The Kier molecular flexibility index (Phi) is 5.12. The van der Waals surface area contributed by atoms with Crippen molar-refractivity contribution in [2.24, 2.45) is 5.73 Å². The van der Waals surface area contributed by atoms with Gasteiger partial charge >= 0.3 is 0 Å². The van der Waals surface area contributed by atoms with Gasteiger partial charge in [-0.2, -0.15) is 0 Å². The van der Waals surface area contributed by atoms with Crippen LogP contribution in [0.1, 0.15) is 26.3 Å². The van der Waals surface area contributed by atoms with Crippen LogP contribution in [0.2, 0.25) is 0 Å². The third kappa shape index (κ3) is 3.42. The molecule has 3 heteroatoms. The summed E-state index contributed by atoms with van der Waals surface area (Å²) in [4.78, 5) is 0. The fourth-order valence-corrected chi connectivity index (χ4v) is 1.65. The highest BCUT2D eigenvalue weighted by Crippen LogP contribution is 2.32. The summed E-state index contributed by atoms with van der Waals surface area (Å²) >= 11 is 0. The molecule has 0 aromatic heterocycles. The number of para-hydroxylation sites is 1. The molecule has 2 N–H and O–H groups in total. The molecule has 0 unspecified atom stereocenters. The van der Waals surface area contributed by atoms with Crippen LogP contribution in [0, 0.1) is 0 Å². The zero-order valence-corrected chi connectivity index (χ0v) is 10.3. The summed E-state index contributed by atoms with van der Waals surface area (Å²) in [5.41, 5.74) is 6.93. The zero-order valence-electron chi connectivity index (χ0n) is 10.3. The lowest BCUT2D eigenvalue weighted by molar-refractivity contribution is 0.285. The van der Waals surface area contributed by atoms with E-state index in [9.17, 15) is 0 Å². The summed E-state index contributed by atoms with van der Waals surface area (Å²) in [6, 6.07) is 6.07. The van der Waals surface area contributed by atoms with Gasteiger partial charge in [-0.3, -0.25) is 0 Å². The maximum Gasteiger partial charge on any atom is 0.164 e. The molecule has 1 aromatic rings. The van der Waals surface area contributed by atoms with Crippen molar-refractivity contribution in [3.63, 3.8) is 0 Å². The highest BCUT2D eigenvalue weighted by atomic mass is 16.5. The number of rotatable bonds is 6. The van der Waals surface area contributed by atoms with Crippen LogP contribution in [0.15, 0.2) is 18.2 Å². The quantitative estimate of drug-likeness (QED) is 0.805. The van der Waals surface area contributed by atoms with Crippen molar-refractivity contribution in [3.8, 4) is 11.5 Å². The van der Waals surface area contributed by atoms with Gasteiger partial charge in [0.05, 0.1) is 13.2 Å². The van der Waals surface area contributed by atoms with Crippen LogP contribution in [0.25, 0.3) is 0 Å². The van der Waals surface area contributed by atoms with Crippen molar-refractivity contribution < 1.29 is 9.47 Å². The van der Waals surface area contributed by atoms with E-state index in [0.717, 1.165) is 23.5 Å². The van der Waals surface area contributed by atoms with Crippen LogP contribution in [0.4, 0.5) is 0 Å². The first-order chi connectivity index (χ1) is 7.69. The number of ether oxygens (including phenoxy) is 2. The van der Waals surface area contributed by atoms with Crippen LogP contribution in [0.3, 0.4) is 0 Å². The van der Waals surface area contributed by atoms with Gasteiger partial charge in [0.2, 0.25) is 0 Å². The molecule has 0 amide bonds. The second kappa shape index (κ2) is 6.38. The minimum atomic E-state index is 0.121. The second-order valence-electron chi connectivity index (χ2n) is 3.79. The number of hydrogen-bond acceptors (Lipinski definition) is 3. The van der Waals surface area contributed by atoms with Gasteiger partial charge in [0.25, 0.3) is 0 Å². The number of nitrogens with two attached hydrogens (primary N) is 1. The van der Waals surface area contributed by atoms with Crippen LogP contribution in [0.5, 0.6) is 11.5 Å². The molecular weight excluding hydrogens is 202 g/mol. The summed E-state index contributed by atoms with van der Waals surface area (Å²) in [5.74, 6) is 1.65. The highest BCUT2D eigenvalue weighted by molar-refractivity contribution is 5.47. The Balaban J connectivity index is 3.00. The Bertz CT molecular complexity index is 324. The minimum absolute atomic E-state index is 0.121. The maximum atomic E-state index is 5.82. The normalized spacial score (nSPS) is 12.2. The molecule has 0 bridgehead atoms.